The van der Waals surface area contributed by atoms with Crippen LogP contribution in [0.1, 0.15) is 56.1 Å². The summed E-state index contributed by atoms with van der Waals surface area (Å²) in [7, 11) is 1.76. The average Bonchev–Trinajstić information content (AvgIpc) is 3.43. The van der Waals surface area contributed by atoms with Crippen molar-refractivity contribution in [1.82, 2.24) is 4.90 Å². The van der Waals surface area contributed by atoms with Crippen molar-refractivity contribution < 1.29 is 9.53 Å². The summed E-state index contributed by atoms with van der Waals surface area (Å²) in [5.74, 6) is 2.78. The quantitative estimate of drug-likeness (QED) is 0.831. The number of hydrogen-bond donors (Lipinski definition) is 0. The van der Waals surface area contributed by atoms with Crippen molar-refractivity contribution in [2.24, 2.45) is 17.3 Å². The summed E-state index contributed by atoms with van der Waals surface area (Å²) in [5.41, 5.74) is 3.34. The third kappa shape index (κ3) is 1.86. The van der Waals surface area contributed by atoms with Gasteiger partial charge in [-0.2, -0.15) is 0 Å². The number of benzene rings is 1. The molecule has 6 rings (SSSR count). The first-order valence-corrected chi connectivity index (χ1v) is 10.6. The molecule has 1 spiro atoms. The molecule has 4 atom stereocenters. The largest absolute Gasteiger partial charge is 0.497 e. The highest BCUT2D eigenvalue weighted by Crippen LogP contribution is 2.68. The summed E-state index contributed by atoms with van der Waals surface area (Å²) in [6.45, 7) is 2.48. The normalized spacial score (nSPS) is 40.9. The number of Topliss-reactive ketones (excluding diaryl/α,β-unsaturated/α-hetero) is 1. The zero-order chi connectivity index (χ0) is 17.5. The van der Waals surface area contributed by atoms with Crippen LogP contribution in [0, 0.1) is 17.3 Å². The van der Waals surface area contributed by atoms with Gasteiger partial charge >= 0.3 is 0 Å². The smallest absolute Gasteiger partial charge is 0.136 e. The Labute approximate surface area is 156 Å². The molecule has 0 amide bonds. The minimum atomic E-state index is 0.0790. The molecule has 138 valence electrons. The number of carbonyl (C=O) groups excluding carboxylic acids is 1. The fraction of sp³-hybridized carbons (Fsp3) is 0.696. The molecule has 1 heterocycles. The van der Waals surface area contributed by atoms with E-state index in [9.17, 15) is 4.79 Å². The second kappa shape index (κ2) is 5.13. The molecule has 1 aromatic rings. The third-order valence-corrected chi connectivity index (χ3v) is 8.72. The topological polar surface area (TPSA) is 29.5 Å². The maximum atomic E-state index is 13.0. The zero-order valence-electron chi connectivity index (χ0n) is 15.8. The number of carbonyl (C=O) groups is 1. The SMILES string of the molecule is COc1ccc2c(c1)[C@]13CCN(CC4CC4)[C@@H]4CC[C@@H](C[C@]41C2)C(=O)C3. The number of rotatable bonds is 3. The molecule has 4 aliphatic carbocycles. The van der Waals surface area contributed by atoms with Gasteiger partial charge in [-0.15, -0.1) is 0 Å². The maximum absolute atomic E-state index is 13.0. The van der Waals surface area contributed by atoms with Gasteiger partial charge in [0, 0.05) is 35.8 Å². The fourth-order valence-electron chi connectivity index (χ4n) is 7.41. The van der Waals surface area contributed by atoms with Crippen molar-refractivity contribution in [3.05, 3.63) is 29.3 Å². The van der Waals surface area contributed by atoms with E-state index < -0.39 is 0 Å². The van der Waals surface area contributed by atoms with E-state index in [1.165, 1.54) is 49.9 Å². The van der Waals surface area contributed by atoms with Crippen LogP contribution in [-0.2, 0) is 16.6 Å². The monoisotopic (exact) mass is 351 g/mol. The number of ether oxygens (including phenoxy) is 1. The number of fused-ring (bicyclic) bond motifs is 2. The first-order chi connectivity index (χ1) is 12.6. The van der Waals surface area contributed by atoms with Crippen LogP contribution in [0.5, 0.6) is 5.75 Å². The van der Waals surface area contributed by atoms with Gasteiger partial charge in [0.15, 0.2) is 0 Å². The second-order valence-corrected chi connectivity index (χ2v) is 9.76. The van der Waals surface area contributed by atoms with Gasteiger partial charge < -0.3 is 4.74 Å². The first kappa shape index (κ1) is 15.7. The van der Waals surface area contributed by atoms with E-state index in [-0.39, 0.29) is 5.41 Å². The van der Waals surface area contributed by atoms with E-state index in [0.29, 0.717) is 23.2 Å². The maximum Gasteiger partial charge on any atom is 0.136 e. The molecule has 0 unspecified atom stereocenters. The molecule has 3 saturated carbocycles. The summed E-state index contributed by atoms with van der Waals surface area (Å²) in [6, 6.07) is 7.38. The lowest BCUT2D eigenvalue weighted by molar-refractivity contribution is -0.152. The average molecular weight is 351 g/mol. The molecule has 1 aromatic carbocycles. The van der Waals surface area contributed by atoms with Gasteiger partial charge in [-0.05, 0) is 80.7 Å². The van der Waals surface area contributed by atoms with Crippen LogP contribution in [0.25, 0.3) is 0 Å². The van der Waals surface area contributed by atoms with E-state index in [2.05, 4.69) is 23.1 Å². The number of ketones is 1. The van der Waals surface area contributed by atoms with E-state index in [1.807, 2.05) is 0 Å². The third-order valence-electron chi connectivity index (χ3n) is 8.72. The van der Waals surface area contributed by atoms with E-state index in [1.54, 1.807) is 7.11 Å². The Morgan fingerprint density at radius 2 is 2.08 bits per heavy atom. The predicted octanol–water partition coefficient (Wildman–Crippen LogP) is 3.73. The number of methoxy groups -OCH3 is 1. The molecule has 4 fully saturated rings. The molecular weight excluding hydrogens is 322 g/mol. The summed E-state index contributed by atoms with van der Waals surface area (Å²) < 4.78 is 5.57. The van der Waals surface area contributed by atoms with Crippen molar-refractivity contribution in [3.63, 3.8) is 0 Å². The number of likely N-dealkylation sites (tertiary alicyclic amines) is 1. The van der Waals surface area contributed by atoms with Gasteiger partial charge in [0.1, 0.15) is 11.5 Å². The van der Waals surface area contributed by atoms with Gasteiger partial charge in [-0.25, -0.2) is 0 Å². The van der Waals surface area contributed by atoms with E-state index in [4.69, 9.17) is 4.74 Å². The zero-order valence-corrected chi connectivity index (χ0v) is 15.8. The molecule has 3 nitrogen and oxygen atoms in total. The van der Waals surface area contributed by atoms with Gasteiger partial charge in [-0.3, -0.25) is 9.69 Å². The molecule has 1 saturated heterocycles. The fourth-order valence-corrected chi connectivity index (χ4v) is 7.41. The molecule has 0 radical (unpaired) electrons. The minimum Gasteiger partial charge on any atom is -0.497 e. The Morgan fingerprint density at radius 1 is 1.19 bits per heavy atom. The standard InChI is InChI=1S/C23H29NO2/c1-26-18-6-4-16-11-23-12-17-5-7-21(23)24(14-15-2-3-15)9-8-22(23,13-20(17)25)19(16)10-18/h4,6,10,15,17,21H,2-3,5,7-9,11-14H2,1H3/t17-,21+,22+,23+/m0/s1. The Morgan fingerprint density at radius 3 is 2.88 bits per heavy atom. The molecule has 2 bridgehead atoms. The lowest BCUT2D eigenvalue weighted by Gasteiger charge is -2.64. The van der Waals surface area contributed by atoms with Crippen molar-refractivity contribution in [3.8, 4) is 5.75 Å². The molecular formula is C23H29NO2. The van der Waals surface area contributed by atoms with Crippen molar-refractivity contribution >= 4 is 5.78 Å². The van der Waals surface area contributed by atoms with Crippen LogP contribution in [0.15, 0.2) is 18.2 Å². The lowest BCUT2D eigenvalue weighted by atomic mass is 9.45. The molecule has 1 aliphatic heterocycles. The highest BCUT2D eigenvalue weighted by atomic mass is 16.5. The van der Waals surface area contributed by atoms with Gasteiger partial charge in [-0.1, -0.05) is 6.07 Å². The van der Waals surface area contributed by atoms with Crippen LogP contribution in [-0.4, -0.2) is 36.9 Å². The van der Waals surface area contributed by atoms with Crippen molar-refractivity contribution in [1.29, 1.82) is 0 Å². The summed E-state index contributed by atoms with van der Waals surface area (Å²) in [5, 5.41) is 0. The highest BCUT2D eigenvalue weighted by molar-refractivity contribution is 5.85. The molecule has 0 aromatic heterocycles. The van der Waals surface area contributed by atoms with E-state index in [0.717, 1.165) is 37.4 Å². The highest BCUT2D eigenvalue weighted by Gasteiger charge is 2.68. The molecule has 26 heavy (non-hydrogen) atoms. The van der Waals surface area contributed by atoms with E-state index >= 15 is 0 Å². The first-order valence-electron chi connectivity index (χ1n) is 10.6. The van der Waals surface area contributed by atoms with Crippen LogP contribution >= 0.6 is 0 Å². The Hall–Kier alpha value is -1.35. The van der Waals surface area contributed by atoms with Crippen molar-refractivity contribution in [2.75, 3.05) is 20.2 Å². The summed E-state index contributed by atoms with van der Waals surface area (Å²) >= 11 is 0. The summed E-state index contributed by atoms with van der Waals surface area (Å²) in [4.78, 5) is 15.9. The van der Waals surface area contributed by atoms with Crippen LogP contribution in [0.2, 0.25) is 0 Å². The Bertz CT molecular complexity index is 784. The summed E-state index contributed by atoms with van der Waals surface area (Å²) in [6.07, 6.45) is 9.48. The van der Waals surface area contributed by atoms with Crippen molar-refractivity contribution in [2.45, 2.75) is 62.8 Å². The number of hydrogen-bond acceptors (Lipinski definition) is 3. The van der Waals surface area contributed by atoms with Gasteiger partial charge in [0.25, 0.3) is 0 Å². The molecule has 5 aliphatic rings. The molecule has 3 heteroatoms. The van der Waals surface area contributed by atoms with Gasteiger partial charge in [0.2, 0.25) is 0 Å². The predicted molar refractivity (Wildman–Crippen MR) is 100 cm³/mol. The Balaban J connectivity index is 1.50. The molecule has 0 N–H and O–H groups in total. The van der Waals surface area contributed by atoms with Crippen LogP contribution < -0.4 is 4.74 Å². The van der Waals surface area contributed by atoms with Gasteiger partial charge in [0.05, 0.1) is 7.11 Å². The number of piperidine rings is 1. The number of nitrogens with zero attached hydrogens (tertiary/aromatic N) is 1. The second-order valence-electron chi connectivity index (χ2n) is 9.76. The van der Waals surface area contributed by atoms with Crippen LogP contribution in [0.4, 0.5) is 0 Å². The minimum absolute atomic E-state index is 0.0790. The Kier molecular flexibility index (Phi) is 3.09. The lowest BCUT2D eigenvalue weighted by Crippen LogP contribution is -2.68. The van der Waals surface area contributed by atoms with Crippen LogP contribution in [0.3, 0.4) is 0 Å².